The molecule has 2 aromatic rings. The molecule has 0 saturated carbocycles. The first kappa shape index (κ1) is 13.4. The fourth-order valence-corrected chi connectivity index (χ4v) is 1.82. The van der Waals surface area contributed by atoms with Gasteiger partial charge in [0.05, 0.1) is 12.3 Å². The van der Waals surface area contributed by atoms with E-state index in [9.17, 15) is 9.18 Å². The van der Waals surface area contributed by atoms with Gasteiger partial charge in [0.1, 0.15) is 11.4 Å². The van der Waals surface area contributed by atoms with E-state index in [1.54, 1.807) is 6.92 Å². The summed E-state index contributed by atoms with van der Waals surface area (Å²) in [6.07, 6.45) is 1.23. The van der Waals surface area contributed by atoms with Gasteiger partial charge in [0.2, 0.25) is 0 Å². The highest BCUT2D eigenvalue weighted by Gasteiger charge is 2.18. The Labute approximate surface area is 111 Å². The number of hydrogen-bond donors (Lipinski definition) is 0. The Kier molecular flexibility index (Phi) is 4.05. The van der Waals surface area contributed by atoms with E-state index in [1.807, 2.05) is 0 Å². The highest BCUT2D eigenvalue weighted by molar-refractivity contribution is 7.99. The molecule has 0 amide bonds. The standard InChI is InChI=1S/C10H9FN4O3S/c1-3-17-9(16)7-14-15-10(18-7)19-8-6(11)5(2)12-4-13-8/h4H,3H2,1-2H3. The molecular weight excluding hydrogens is 275 g/mol. The van der Waals surface area contributed by atoms with Crippen LogP contribution in [0.15, 0.2) is 21.0 Å². The van der Waals surface area contributed by atoms with Crippen LogP contribution in [-0.2, 0) is 4.74 Å². The zero-order valence-corrected chi connectivity index (χ0v) is 10.9. The molecule has 0 aliphatic carbocycles. The fourth-order valence-electron chi connectivity index (χ4n) is 1.12. The lowest BCUT2D eigenvalue weighted by Crippen LogP contribution is -2.04. The molecule has 7 nitrogen and oxygen atoms in total. The van der Waals surface area contributed by atoms with Gasteiger partial charge in [0, 0.05) is 0 Å². The van der Waals surface area contributed by atoms with Gasteiger partial charge >= 0.3 is 11.9 Å². The lowest BCUT2D eigenvalue weighted by Gasteiger charge is -1.99. The van der Waals surface area contributed by atoms with Gasteiger partial charge in [-0.3, -0.25) is 0 Å². The van der Waals surface area contributed by atoms with Gasteiger partial charge in [-0.05, 0) is 25.6 Å². The minimum Gasteiger partial charge on any atom is -0.459 e. The zero-order valence-electron chi connectivity index (χ0n) is 10.1. The van der Waals surface area contributed by atoms with Crippen molar-refractivity contribution in [2.45, 2.75) is 24.1 Å². The molecular formula is C10H9FN4O3S. The summed E-state index contributed by atoms with van der Waals surface area (Å²) in [4.78, 5) is 18.8. The Bertz CT molecular complexity index is 604. The summed E-state index contributed by atoms with van der Waals surface area (Å²) in [5.74, 6) is -1.57. The van der Waals surface area contributed by atoms with Crippen molar-refractivity contribution in [1.29, 1.82) is 0 Å². The van der Waals surface area contributed by atoms with E-state index in [0.29, 0.717) is 0 Å². The molecule has 0 atom stereocenters. The Hall–Kier alpha value is -2.03. The number of hydrogen-bond acceptors (Lipinski definition) is 8. The molecule has 9 heteroatoms. The molecule has 100 valence electrons. The molecule has 0 unspecified atom stereocenters. The Morgan fingerprint density at radius 1 is 1.47 bits per heavy atom. The van der Waals surface area contributed by atoms with Gasteiger partial charge in [0.25, 0.3) is 5.22 Å². The molecule has 0 fully saturated rings. The summed E-state index contributed by atoms with van der Waals surface area (Å²) in [6.45, 7) is 3.37. The number of ether oxygens (including phenoxy) is 1. The molecule has 19 heavy (non-hydrogen) atoms. The SMILES string of the molecule is CCOC(=O)c1nnc(Sc2ncnc(C)c2F)o1. The zero-order chi connectivity index (χ0) is 13.8. The quantitative estimate of drug-likeness (QED) is 0.618. The van der Waals surface area contributed by atoms with Crippen molar-refractivity contribution in [3.05, 3.63) is 23.7 Å². The highest BCUT2D eigenvalue weighted by Crippen LogP contribution is 2.27. The van der Waals surface area contributed by atoms with Crippen molar-refractivity contribution < 1.29 is 18.3 Å². The number of aromatic nitrogens is 4. The van der Waals surface area contributed by atoms with Crippen molar-refractivity contribution in [3.8, 4) is 0 Å². The van der Waals surface area contributed by atoms with Crippen LogP contribution in [0.5, 0.6) is 0 Å². The Morgan fingerprint density at radius 2 is 2.26 bits per heavy atom. The molecule has 0 N–H and O–H groups in total. The smallest absolute Gasteiger partial charge is 0.396 e. The first-order valence-corrected chi connectivity index (χ1v) is 6.09. The lowest BCUT2D eigenvalue weighted by atomic mass is 10.4. The second-order valence-electron chi connectivity index (χ2n) is 3.27. The molecule has 2 aromatic heterocycles. The molecule has 0 bridgehead atoms. The van der Waals surface area contributed by atoms with Crippen LogP contribution >= 0.6 is 11.8 Å². The Morgan fingerprint density at radius 3 is 3.00 bits per heavy atom. The number of carbonyl (C=O) groups excluding carboxylic acids is 1. The van der Waals surface area contributed by atoms with E-state index in [2.05, 4.69) is 20.2 Å². The minimum absolute atomic E-state index is 0.0000491. The number of rotatable bonds is 4. The van der Waals surface area contributed by atoms with Crippen molar-refractivity contribution in [2.24, 2.45) is 0 Å². The fraction of sp³-hybridized carbons (Fsp3) is 0.300. The van der Waals surface area contributed by atoms with Crippen molar-refractivity contribution in [1.82, 2.24) is 20.2 Å². The summed E-state index contributed by atoms with van der Waals surface area (Å²) in [5.41, 5.74) is 0.211. The number of carbonyl (C=O) groups is 1. The van der Waals surface area contributed by atoms with E-state index in [4.69, 9.17) is 9.15 Å². The van der Waals surface area contributed by atoms with Crippen molar-refractivity contribution in [3.63, 3.8) is 0 Å². The van der Waals surface area contributed by atoms with Crippen molar-refractivity contribution >= 4 is 17.7 Å². The van der Waals surface area contributed by atoms with Gasteiger partial charge in [-0.2, -0.15) is 0 Å². The summed E-state index contributed by atoms with van der Waals surface area (Å²) in [5, 5.41) is 7.16. The number of halogens is 1. The summed E-state index contributed by atoms with van der Waals surface area (Å²) in [6, 6.07) is 0. The van der Waals surface area contributed by atoms with Crippen molar-refractivity contribution in [2.75, 3.05) is 6.61 Å². The normalized spacial score (nSPS) is 10.5. The summed E-state index contributed by atoms with van der Waals surface area (Å²) in [7, 11) is 0. The van der Waals surface area contributed by atoms with E-state index in [0.717, 1.165) is 11.8 Å². The molecule has 0 aliphatic heterocycles. The predicted molar refractivity (Wildman–Crippen MR) is 61.1 cm³/mol. The first-order chi connectivity index (χ1) is 9.11. The van der Waals surface area contributed by atoms with Crippen LogP contribution in [0, 0.1) is 12.7 Å². The van der Waals surface area contributed by atoms with E-state index in [1.165, 1.54) is 13.3 Å². The van der Waals surface area contributed by atoms with Gasteiger partial charge in [-0.1, -0.05) is 5.10 Å². The van der Waals surface area contributed by atoms with E-state index in [-0.39, 0.29) is 28.4 Å². The maximum Gasteiger partial charge on any atom is 0.396 e. The summed E-state index contributed by atoms with van der Waals surface area (Å²) < 4.78 is 23.4. The van der Waals surface area contributed by atoms with Gasteiger partial charge < -0.3 is 9.15 Å². The summed E-state index contributed by atoms with van der Waals surface area (Å²) >= 11 is 0.811. The average molecular weight is 284 g/mol. The topological polar surface area (TPSA) is 91.0 Å². The number of esters is 1. The maximum atomic E-state index is 13.6. The molecule has 2 rings (SSSR count). The van der Waals surface area contributed by atoms with Crippen LogP contribution in [0.1, 0.15) is 23.3 Å². The van der Waals surface area contributed by atoms with Crippen LogP contribution in [0.25, 0.3) is 0 Å². The third kappa shape index (κ3) is 3.05. The lowest BCUT2D eigenvalue weighted by molar-refractivity contribution is 0.0475. The molecule has 0 aromatic carbocycles. The number of nitrogens with zero attached hydrogens (tertiary/aromatic N) is 4. The maximum absolute atomic E-state index is 13.6. The van der Waals surface area contributed by atoms with Crippen LogP contribution in [-0.4, -0.2) is 32.7 Å². The predicted octanol–water partition coefficient (Wildman–Crippen LogP) is 1.64. The molecule has 0 radical (unpaired) electrons. The molecule has 0 aliphatic rings. The van der Waals surface area contributed by atoms with E-state index < -0.39 is 11.8 Å². The minimum atomic E-state index is -0.721. The van der Waals surface area contributed by atoms with Crippen LogP contribution < -0.4 is 0 Å². The largest absolute Gasteiger partial charge is 0.459 e. The van der Waals surface area contributed by atoms with Gasteiger partial charge in [-0.25, -0.2) is 19.2 Å². The average Bonchev–Trinajstić information content (AvgIpc) is 2.84. The van der Waals surface area contributed by atoms with Crippen LogP contribution in [0.2, 0.25) is 0 Å². The third-order valence-electron chi connectivity index (χ3n) is 1.97. The first-order valence-electron chi connectivity index (χ1n) is 5.27. The third-order valence-corrected chi connectivity index (χ3v) is 2.79. The molecule has 2 heterocycles. The second-order valence-corrected chi connectivity index (χ2v) is 4.21. The van der Waals surface area contributed by atoms with Crippen LogP contribution in [0.4, 0.5) is 4.39 Å². The van der Waals surface area contributed by atoms with Gasteiger partial charge in [-0.15, -0.1) is 5.10 Å². The van der Waals surface area contributed by atoms with E-state index >= 15 is 0 Å². The highest BCUT2D eigenvalue weighted by atomic mass is 32.2. The second kappa shape index (κ2) is 5.74. The molecule has 0 saturated heterocycles. The molecule has 0 spiro atoms. The number of aryl methyl sites for hydroxylation is 1. The monoisotopic (exact) mass is 284 g/mol. The Balaban J connectivity index is 2.16. The van der Waals surface area contributed by atoms with Gasteiger partial charge in [0.15, 0.2) is 5.82 Å². The van der Waals surface area contributed by atoms with Crippen LogP contribution in [0.3, 0.4) is 0 Å².